The first kappa shape index (κ1) is 19.4. The van der Waals surface area contributed by atoms with Gasteiger partial charge in [-0.25, -0.2) is 8.42 Å². The molecule has 0 saturated carbocycles. The second kappa shape index (κ2) is 7.97. The zero-order valence-corrected chi connectivity index (χ0v) is 16.2. The number of nitrogens with one attached hydrogen (secondary N) is 1. The topological polar surface area (TPSA) is 90.3 Å². The lowest BCUT2D eigenvalue weighted by atomic mass is 10.2. The van der Waals surface area contributed by atoms with Crippen molar-refractivity contribution in [3.05, 3.63) is 57.5 Å². The van der Waals surface area contributed by atoms with Crippen LogP contribution in [0.5, 0.6) is 0 Å². The second-order valence-electron chi connectivity index (χ2n) is 5.07. The van der Waals surface area contributed by atoms with E-state index < -0.39 is 15.9 Å². The van der Waals surface area contributed by atoms with Gasteiger partial charge in [-0.1, -0.05) is 27.5 Å². The summed E-state index contributed by atoms with van der Waals surface area (Å²) in [6, 6.07) is 12.3. The minimum absolute atomic E-state index is 0.00322. The molecule has 0 aliphatic carbocycles. The number of hydrogen-bond donors (Lipinski definition) is 1. The highest BCUT2D eigenvalue weighted by atomic mass is 79.9. The Kier molecular flexibility index (Phi) is 6.19. The van der Waals surface area contributed by atoms with Crippen LogP contribution in [0.15, 0.2) is 51.8 Å². The molecular formula is C16H13BrClN3O3S. The van der Waals surface area contributed by atoms with Crippen LogP contribution in [0.1, 0.15) is 5.56 Å². The predicted octanol–water partition coefficient (Wildman–Crippen LogP) is 3.23. The smallest absolute Gasteiger partial charge is 0.243 e. The van der Waals surface area contributed by atoms with Crippen molar-refractivity contribution >= 4 is 49.1 Å². The van der Waals surface area contributed by atoms with E-state index in [0.717, 1.165) is 8.78 Å². The quantitative estimate of drug-likeness (QED) is 0.770. The molecule has 0 saturated heterocycles. The number of anilines is 1. The number of rotatable bonds is 5. The lowest BCUT2D eigenvalue weighted by Crippen LogP contribution is -2.35. The third kappa shape index (κ3) is 4.80. The molecule has 0 aliphatic rings. The van der Waals surface area contributed by atoms with E-state index in [9.17, 15) is 13.2 Å². The Morgan fingerprint density at radius 3 is 2.48 bits per heavy atom. The summed E-state index contributed by atoms with van der Waals surface area (Å²) in [6.07, 6.45) is 0. The first-order chi connectivity index (χ1) is 11.7. The van der Waals surface area contributed by atoms with Crippen LogP contribution >= 0.6 is 27.5 Å². The Labute approximate surface area is 159 Å². The fraction of sp³-hybridized carbons (Fsp3) is 0.125. The van der Waals surface area contributed by atoms with Gasteiger partial charge in [0, 0.05) is 11.5 Å². The highest BCUT2D eigenvalue weighted by Gasteiger charge is 2.23. The van der Waals surface area contributed by atoms with Crippen molar-refractivity contribution in [3.63, 3.8) is 0 Å². The Bertz CT molecular complexity index is 940. The maximum atomic E-state index is 12.5. The summed E-state index contributed by atoms with van der Waals surface area (Å²) < 4.78 is 26.6. The molecule has 25 heavy (non-hydrogen) atoms. The van der Waals surface area contributed by atoms with E-state index in [-0.39, 0.29) is 11.4 Å². The van der Waals surface area contributed by atoms with Crippen molar-refractivity contribution in [2.24, 2.45) is 0 Å². The highest BCUT2D eigenvalue weighted by Crippen LogP contribution is 2.25. The third-order valence-electron chi connectivity index (χ3n) is 3.26. The third-order valence-corrected chi connectivity index (χ3v) is 5.89. The van der Waals surface area contributed by atoms with E-state index in [1.165, 1.54) is 31.3 Å². The average molecular weight is 443 g/mol. The molecule has 0 atom stereocenters. The fourth-order valence-corrected chi connectivity index (χ4v) is 3.80. The van der Waals surface area contributed by atoms with Gasteiger partial charge in [-0.3, -0.25) is 4.79 Å². The van der Waals surface area contributed by atoms with Crippen LogP contribution in [-0.4, -0.2) is 32.2 Å². The van der Waals surface area contributed by atoms with Crippen molar-refractivity contribution in [3.8, 4) is 6.07 Å². The largest absolute Gasteiger partial charge is 0.324 e. The SMILES string of the molecule is CN(CC(=O)Nc1ccc(Br)cc1Cl)S(=O)(=O)c1ccc(C#N)cc1. The maximum absolute atomic E-state index is 12.5. The summed E-state index contributed by atoms with van der Waals surface area (Å²) >= 11 is 9.28. The molecule has 0 unspecified atom stereocenters. The summed E-state index contributed by atoms with van der Waals surface area (Å²) in [4.78, 5) is 12.1. The van der Waals surface area contributed by atoms with Crippen LogP contribution in [0.3, 0.4) is 0 Å². The Morgan fingerprint density at radius 1 is 1.28 bits per heavy atom. The van der Waals surface area contributed by atoms with Crippen LogP contribution in [0.25, 0.3) is 0 Å². The summed E-state index contributed by atoms with van der Waals surface area (Å²) in [6.45, 7) is -0.380. The predicted molar refractivity (Wildman–Crippen MR) is 98.8 cm³/mol. The molecule has 0 radical (unpaired) electrons. The molecule has 0 heterocycles. The number of nitriles is 1. The molecular weight excluding hydrogens is 430 g/mol. The molecule has 1 amide bonds. The second-order valence-corrected chi connectivity index (χ2v) is 8.44. The molecule has 6 nitrogen and oxygen atoms in total. The standard InChI is InChI=1S/C16H13BrClN3O3S/c1-21(25(23,24)13-5-2-11(9-19)3-6-13)10-16(22)20-15-7-4-12(17)8-14(15)18/h2-8H,10H2,1H3,(H,20,22). The summed E-state index contributed by atoms with van der Waals surface area (Å²) in [5.74, 6) is -0.524. The van der Waals surface area contributed by atoms with Gasteiger partial charge < -0.3 is 5.32 Å². The van der Waals surface area contributed by atoms with E-state index in [4.69, 9.17) is 16.9 Å². The summed E-state index contributed by atoms with van der Waals surface area (Å²) in [5.41, 5.74) is 0.739. The molecule has 9 heteroatoms. The maximum Gasteiger partial charge on any atom is 0.243 e. The minimum Gasteiger partial charge on any atom is -0.324 e. The van der Waals surface area contributed by atoms with Gasteiger partial charge in [-0.2, -0.15) is 9.57 Å². The first-order valence-corrected chi connectivity index (χ1v) is 9.56. The zero-order valence-electron chi connectivity index (χ0n) is 13.0. The Balaban J connectivity index is 2.10. The lowest BCUT2D eigenvalue weighted by molar-refractivity contribution is -0.116. The van der Waals surface area contributed by atoms with Crippen molar-refractivity contribution in [2.45, 2.75) is 4.90 Å². The van der Waals surface area contributed by atoms with Gasteiger partial charge in [0.1, 0.15) is 0 Å². The number of likely N-dealkylation sites (N-methyl/N-ethyl adjacent to an activating group) is 1. The van der Waals surface area contributed by atoms with Crippen molar-refractivity contribution in [1.29, 1.82) is 5.26 Å². The number of benzene rings is 2. The Morgan fingerprint density at radius 2 is 1.92 bits per heavy atom. The first-order valence-electron chi connectivity index (χ1n) is 6.95. The molecule has 2 aromatic rings. The van der Waals surface area contributed by atoms with Gasteiger partial charge in [0.05, 0.1) is 33.8 Å². The highest BCUT2D eigenvalue weighted by molar-refractivity contribution is 9.10. The number of sulfonamides is 1. The fourth-order valence-electron chi connectivity index (χ4n) is 1.95. The number of hydrogen-bond acceptors (Lipinski definition) is 4. The van der Waals surface area contributed by atoms with Gasteiger partial charge in [0.25, 0.3) is 0 Å². The Hall–Kier alpha value is -1.92. The lowest BCUT2D eigenvalue weighted by Gasteiger charge is -2.17. The number of nitrogens with zero attached hydrogens (tertiary/aromatic N) is 2. The minimum atomic E-state index is -3.85. The number of amides is 1. The number of carbonyl (C=O) groups excluding carboxylic acids is 1. The van der Waals surface area contributed by atoms with E-state index in [1.54, 1.807) is 18.2 Å². The number of carbonyl (C=O) groups is 1. The molecule has 0 fully saturated rings. The van der Waals surface area contributed by atoms with E-state index >= 15 is 0 Å². The van der Waals surface area contributed by atoms with E-state index in [0.29, 0.717) is 16.3 Å². The van der Waals surface area contributed by atoms with Crippen LogP contribution in [-0.2, 0) is 14.8 Å². The van der Waals surface area contributed by atoms with Crippen molar-refractivity contribution in [2.75, 3.05) is 18.9 Å². The van der Waals surface area contributed by atoms with Crippen molar-refractivity contribution in [1.82, 2.24) is 4.31 Å². The molecule has 2 aromatic carbocycles. The van der Waals surface area contributed by atoms with Crippen LogP contribution < -0.4 is 5.32 Å². The molecule has 0 bridgehead atoms. The molecule has 0 aliphatic heterocycles. The van der Waals surface area contributed by atoms with E-state index in [1.807, 2.05) is 6.07 Å². The van der Waals surface area contributed by atoms with Crippen LogP contribution in [0.2, 0.25) is 5.02 Å². The van der Waals surface area contributed by atoms with Gasteiger partial charge in [0.15, 0.2) is 0 Å². The molecule has 130 valence electrons. The summed E-state index contributed by atoms with van der Waals surface area (Å²) in [7, 11) is -2.54. The van der Waals surface area contributed by atoms with Gasteiger partial charge >= 0.3 is 0 Å². The van der Waals surface area contributed by atoms with Crippen molar-refractivity contribution < 1.29 is 13.2 Å². The average Bonchev–Trinajstić information content (AvgIpc) is 2.57. The monoisotopic (exact) mass is 441 g/mol. The molecule has 1 N–H and O–H groups in total. The van der Waals surface area contributed by atoms with Crippen LogP contribution in [0, 0.1) is 11.3 Å². The normalized spacial score (nSPS) is 11.2. The molecule has 2 rings (SSSR count). The summed E-state index contributed by atoms with van der Waals surface area (Å²) in [5, 5.41) is 11.7. The molecule has 0 aromatic heterocycles. The van der Waals surface area contributed by atoms with Crippen LogP contribution in [0.4, 0.5) is 5.69 Å². The van der Waals surface area contributed by atoms with E-state index in [2.05, 4.69) is 21.2 Å². The number of halogens is 2. The van der Waals surface area contributed by atoms with Gasteiger partial charge in [0.2, 0.25) is 15.9 Å². The van der Waals surface area contributed by atoms with Gasteiger partial charge in [-0.05, 0) is 42.5 Å². The molecule has 0 spiro atoms. The van der Waals surface area contributed by atoms with Gasteiger partial charge in [-0.15, -0.1) is 0 Å². The zero-order chi connectivity index (χ0) is 18.6.